The van der Waals surface area contributed by atoms with Crippen molar-refractivity contribution in [3.8, 4) is 0 Å². The van der Waals surface area contributed by atoms with E-state index in [9.17, 15) is 0 Å². The van der Waals surface area contributed by atoms with E-state index in [4.69, 9.17) is 5.73 Å². The molecule has 0 aromatic heterocycles. The molecule has 1 atom stereocenters. The summed E-state index contributed by atoms with van der Waals surface area (Å²) in [5.74, 6) is 0. The number of hydrogen-bond donors (Lipinski definition) is 2. The van der Waals surface area contributed by atoms with Crippen LogP contribution in [0.5, 0.6) is 0 Å². The highest BCUT2D eigenvalue weighted by atomic mass is 79.9. The summed E-state index contributed by atoms with van der Waals surface area (Å²) >= 11 is 3.64. The highest BCUT2D eigenvalue weighted by Gasteiger charge is 2.33. The molecule has 2 aromatic rings. The number of anilines is 1. The Morgan fingerprint density at radius 3 is 2.71 bits per heavy atom. The number of nitrogens with one attached hydrogen (secondary N) is 1. The van der Waals surface area contributed by atoms with Gasteiger partial charge in [-0.05, 0) is 70.9 Å². The number of halogens is 1. The molecule has 3 heteroatoms. The minimum absolute atomic E-state index is 0.0509. The standard InChI is InChI=1S/C18H21BrN2/c1-13-6-7-16(19)17(10-13)21-18(12-20)9-8-14-4-2-3-5-15(14)11-18/h2-7,10,21H,8-9,11-12,20H2,1H3. The van der Waals surface area contributed by atoms with E-state index in [0.29, 0.717) is 6.54 Å². The molecule has 0 saturated heterocycles. The van der Waals surface area contributed by atoms with E-state index in [2.05, 4.69) is 70.6 Å². The van der Waals surface area contributed by atoms with Crippen LogP contribution in [0.2, 0.25) is 0 Å². The molecule has 3 rings (SSSR count). The SMILES string of the molecule is Cc1ccc(Br)c(NC2(CN)CCc3ccccc3C2)c1. The fourth-order valence-electron chi connectivity index (χ4n) is 3.15. The molecule has 0 aliphatic heterocycles. The van der Waals surface area contributed by atoms with Crippen LogP contribution in [-0.4, -0.2) is 12.1 Å². The summed E-state index contributed by atoms with van der Waals surface area (Å²) in [6, 6.07) is 15.1. The topological polar surface area (TPSA) is 38.0 Å². The minimum atomic E-state index is -0.0509. The van der Waals surface area contributed by atoms with Crippen molar-refractivity contribution >= 4 is 21.6 Å². The Morgan fingerprint density at radius 1 is 1.19 bits per heavy atom. The second kappa shape index (κ2) is 5.82. The average Bonchev–Trinajstić information content (AvgIpc) is 2.51. The van der Waals surface area contributed by atoms with Gasteiger partial charge in [0.15, 0.2) is 0 Å². The van der Waals surface area contributed by atoms with E-state index >= 15 is 0 Å². The molecule has 0 amide bonds. The number of hydrogen-bond acceptors (Lipinski definition) is 2. The summed E-state index contributed by atoms with van der Waals surface area (Å²) in [6.07, 6.45) is 3.14. The Hall–Kier alpha value is -1.32. The zero-order valence-electron chi connectivity index (χ0n) is 12.3. The molecule has 1 unspecified atom stereocenters. The lowest BCUT2D eigenvalue weighted by molar-refractivity contribution is 0.417. The summed E-state index contributed by atoms with van der Waals surface area (Å²) < 4.78 is 1.10. The number of aryl methyl sites for hydroxylation is 2. The van der Waals surface area contributed by atoms with Crippen LogP contribution in [0.4, 0.5) is 5.69 Å². The molecule has 0 heterocycles. The van der Waals surface area contributed by atoms with Gasteiger partial charge in [-0.1, -0.05) is 30.3 Å². The molecule has 21 heavy (non-hydrogen) atoms. The van der Waals surface area contributed by atoms with Crippen molar-refractivity contribution in [3.63, 3.8) is 0 Å². The van der Waals surface area contributed by atoms with E-state index < -0.39 is 0 Å². The van der Waals surface area contributed by atoms with E-state index in [0.717, 1.165) is 29.4 Å². The predicted octanol–water partition coefficient (Wildman–Crippen LogP) is 4.06. The second-order valence-corrected chi connectivity index (χ2v) is 6.89. The molecule has 0 radical (unpaired) electrons. The van der Waals surface area contributed by atoms with Gasteiger partial charge < -0.3 is 11.1 Å². The van der Waals surface area contributed by atoms with E-state index in [-0.39, 0.29) is 5.54 Å². The molecular weight excluding hydrogens is 324 g/mol. The van der Waals surface area contributed by atoms with Gasteiger partial charge in [-0.25, -0.2) is 0 Å². The van der Waals surface area contributed by atoms with Crippen molar-refractivity contribution in [2.24, 2.45) is 5.73 Å². The van der Waals surface area contributed by atoms with Crippen molar-refractivity contribution in [1.29, 1.82) is 0 Å². The zero-order chi connectivity index (χ0) is 14.9. The third-order valence-corrected chi connectivity index (χ3v) is 5.12. The summed E-state index contributed by atoms with van der Waals surface area (Å²) in [6.45, 7) is 2.75. The summed E-state index contributed by atoms with van der Waals surface area (Å²) in [5.41, 5.74) is 11.4. The van der Waals surface area contributed by atoms with Gasteiger partial charge in [0.25, 0.3) is 0 Å². The Labute approximate surface area is 134 Å². The normalized spacial score (nSPS) is 20.9. The van der Waals surface area contributed by atoms with Gasteiger partial charge >= 0.3 is 0 Å². The first kappa shape index (κ1) is 14.6. The number of fused-ring (bicyclic) bond motifs is 1. The molecule has 0 saturated carbocycles. The lowest BCUT2D eigenvalue weighted by Crippen LogP contribution is -2.49. The highest BCUT2D eigenvalue weighted by Crippen LogP contribution is 2.33. The van der Waals surface area contributed by atoms with Crippen molar-refractivity contribution in [2.45, 2.75) is 31.7 Å². The molecule has 0 bridgehead atoms. The zero-order valence-corrected chi connectivity index (χ0v) is 13.9. The summed E-state index contributed by atoms with van der Waals surface area (Å²) in [7, 11) is 0. The van der Waals surface area contributed by atoms with E-state index in [1.165, 1.54) is 16.7 Å². The van der Waals surface area contributed by atoms with Gasteiger partial charge in [0.1, 0.15) is 0 Å². The summed E-state index contributed by atoms with van der Waals surface area (Å²) in [5, 5.41) is 3.72. The van der Waals surface area contributed by atoms with Crippen LogP contribution in [0.25, 0.3) is 0 Å². The van der Waals surface area contributed by atoms with Crippen LogP contribution in [0.15, 0.2) is 46.9 Å². The fraction of sp³-hybridized carbons (Fsp3) is 0.333. The van der Waals surface area contributed by atoms with Crippen LogP contribution >= 0.6 is 15.9 Å². The van der Waals surface area contributed by atoms with Crippen LogP contribution in [-0.2, 0) is 12.8 Å². The van der Waals surface area contributed by atoms with Crippen LogP contribution in [0, 0.1) is 6.92 Å². The van der Waals surface area contributed by atoms with Gasteiger partial charge in [-0.2, -0.15) is 0 Å². The van der Waals surface area contributed by atoms with Gasteiger partial charge in [-0.3, -0.25) is 0 Å². The lowest BCUT2D eigenvalue weighted by Gasteiger charge is -2.39. The number of nitrogens with two attached hydrogens (primary N) is 1. The maximum absolute atomic E-state index is 6.15. The maximum atomic E-state index is 6.15. The van der Waals surface area contributed by atoms with Crippen molar-refractivity contribution in [2.75, 3.05) is 11.9 Å². The summed E-state index contributed by atoms with van der Waals surface area (Å²) in [4.78, 5) is 0. The van der Waals surface area contributed by atoms with Gasteiger partial charge in [-0.15, -0.1) is 0 Å². The van der Waals surface area contributed by atoms with E-state index in [1.54, 1.807) is 0 Å². The molecule has 110 valence electrons. The maximum Gasteiger partial charge on any atom is 0.0539 e. The predicted molar refractivity (Wildman–Crippen MR) is 92.8 cm³/mol. The first-order valence-electron chi connectivity index (χ1n) is 7.43. The van der Waals surface area contributed by atoms with Crippen LogP contribution < -0.4 is 11.1 Å². The highest BCUT2D eigenvalue weighted by molar-refractivity contribution is 9.10. The van der Waals surface area contributed by atoms with Crippen molar-refractivity contribution in [1.82, 2.24) is 0 Å². The second-order valence-electron chi connectivity index (χ2n) is 6.04. The van der Waals surface area contributed by atoms with E-state index in [1.807, 2.05) is 0 Å². The Morgan fingerprint density at radius 2 is 1.95 bits per heavy atom. The molecule has 1 aliphatic rings. The van der Waals surface area contributed by atoms with Crippen molar-refractivity contribution in [3.05, 3.63) is 63.6 Å². The quantitative estimate of drug-likeness (QED) is 0.881. The van der Waals surface area contributed by atoms with Crippen LogP contribution in [0.3, 0.4) is 0 Å². The van der Waals surface area contributed by atoms with Gasteiger partial charge in [0.05, 0.1) is 5.54 Å². The number of rotatable bonds is 3. The van der Waals surface area contributed by atoms with Gasteiger partial charge in [0, 0.05) is 16.7 Å². The minimum Gasteiger partial charge on any atom is -0.377 e. The molecule has 2 aromatic carbocycles. The molecule has 1 aliphatic carbocycles. The Kier molecular flexibility index (Phi) is 4.05. The molecule has 2 nitrogen and oxygen atoms in total. The molecule has 0 spiro atoms. The largest absolute Gasteiger partial charge is 0.377 e. The fourth-order valence-corrected chi connectivity index (χ4v) is 3.50. The Bertz CT molecular complexity index is 653. The molecule has 0 fully saturated rings. The third kappa shape index (κ3) is 2.99. The van der Waals surface area contributed by atoms with Gasteiger partial charge in [0.2, 0.25) is 0 Å². The van der Waals surface area contributed by atoms with Crippen molar-refractivity contribution < 1.29 is 0 Å². The lowest BCUT2D eigenvalue weighted by atomic mass is 9.77. The van der Waals surface area contributed by atoms with Crippen LogP contribution in [0.1, 0.15) is 23.1 Å². The Balaban J connectivity index is 1.90. The first-order chi connectivity index (χ1) is 10.1. The monoisotopic (exact) mass is 344 g/mol. The molecular formula is C18H21BrN2. The third-order valence-electron chi connectivity index (χ3n) is 4.43. The first-order valence-corrected chi connectivity index (χ1v) is 8.22. The smallest absolute Gasteiger partial charge is 0.0539 e. The molecule has 3 N–H and O–H groups in total. The average molecular weight is 345 g/mol. The number of benzene rings is 2.